The first-order chi connectivity index (χ1) is 12.5. The van der Waals surface area contributed by atoms with Gasteiger partial charge in [-0.25, -0.2) is 4.98 Å². The summed E-state index contributed by atoms with van der Waals surface area (Å²) in [4.78, 5) is 32.0. The minimum Gasteiger partial charge on any atom is -0.404 e. The van der Waals surface area contributed by atoms with Gasteiger partial charge in [0, 0.05) is 20.2 Å². The Kier molecular flexibility index (Phi) is 5.99. The van der Waals surface area contributed by atoms with Crippen molar-refractivity contribution in [3.05, 3.63) is 50.9 Å². The Balaban J connectivity index is 2.17. The molecule has 0 aliphatic rings. The highest BCUT2D eigenvalue weighted by Crippen LogP contribution is 2.32. The average Bonchev–Trinajstić information content (AvgIpc) is 2.54. The molecule has 0 spiro atoms. The maximum atomic E-state index is 12.3. The minimum atomic E-state index is -4.86. The lowest BCUT2D eigenvalue weighted by molar-refractivity contribution is -0.274. The van der Waals surface area contributed by atoms with E-state index in [1.165, 1.54) is 17.0 Å². The molecule has 0 saturated carbocycles. The van der Waals surface area contributed by atoms with E-state index in [2.05, 4.69) is 20.0 Å². The number of hydrogen-bond donors (Lipinski definition) is 2. The number of benzene rings is 1. The number of alkyl halides is 3. The van der Waals surface area contributed by atoms with Crippen LogP contribution in [0.2, 0.25) is 5.02 Å². The fourth-order valence-corrected chi connectivity index (χ4v) is 2.35. The summed E-state index contributed by atoms with van der Waals surface area (Å²) >= 11 is 5.81. The van der Waals surface area contributed by atoms with Gasteiger partial charge < -0.3 is 15.0 Å². The molecule has 0 fully saturated rings. The van der Waals surface area contributed by atoms with E-state index in [1.54, 1.807) is 21.0 Å². The van der Waals surface area contributed by atoms with Crippen LogP contribution in [0, 0.1) is 0 Å². The Labute approximate surface area is 157 Å². The third-order valence-electron chi connectivity index (χ3n) is 3.41. The molecule has 0 aliphatic carbocycles. The lowest BCUT2D eigenvalue weighted by Crippen LogP contribution is -2.30. The predicted octanol–water partition coefficient (Wildman–Crippen LogP) is 2.88. The van der Waals surface area contributed by atoms with Crippen molar-refractivity contribution in [2.75, 3.05) is 19.0 Å². The van der Waals surface area contributed by atoms with Crippen molar-refractivity contribution in [3.8, 4) is 5.75 Å². The van der Waals surface area contributed by atoms with Gasteiger partial charge in [0.15, 0.2) is 0 Å². The van der Waals surface area contributed by atoms with Gasteiger partial charge in [0.1, 0.15) is 11.4 Å². The van der Waals surface area contributed by atoms with E-state index >= 15 is 0 Å². The topological polar surface area (TPSA) is 87.3 Å². The van der Waals surface area contributed by atoms with Crippen LogP contribution in [0.15, 0.2) is 29.1 Å². The van der Waals surface area contributed by atoms with Crippen LogP contribution < -0.4 is 20.5 Å². The number of ether oxygens (including phenoxy) is 1. The van der Waals surface area contributed by atoms with Crippen molar-refractivity contribution in [2.24, 2.45) is 0 Å². The highest BCUT2D eigenvalue weighted by atomic mass is 35.5. The molecule has 7 nitrogen and oxygen atoms in total. The quantitative estimate of drug-likeness (QED) is 0.800. The van der Waals surface area contributed by atoms with E-state index in [9.17, 15) is 22.8 Å². The fourth-order valence-electron chi connectivity index (χ4n) is 2.12. The number of anilines is 1. The van der Waals surface area contributed by atoms with Gasteiger partial charge in [0.25, 0.3) is 11.5 Å². The molecular weight excluding hydrogens is 389 g/mol. The Morgan fingerprint density at radius 2 is 2.00 bits per heavy atom. The van der Waals surface area contributed by atoms with Gasteiger partial charge in [-0.15, -0.1) is 13.2 Å². The summed E-state index contributed by atoms with van der Waals surface area (Å²) in [6, 6.07) is 4.09. The molecule has 2 N–H and O–H groups in total. The number of carbonyl (C=O) groups is 1. The van der Waals surface area contributed by atoms with E-state index in [4.69, 9.17) is 11.6 Å². The van der Waals surface area contributed by atoms with Gasteiger partial charge in [-0.3, -0.25) is 14.6 Å². The number of nitrogens with one attached hydrogen (secondary N) is 2. The number of aromatic nitrogens is 2. The standard InChI is InChI=1S/C16H16ClF3N4O3/c1-8(9-4-5-12(10(17)6-9)27-16(18,19)20)21-14(26)11-7-13(25)23-15(22-11)24(2)3/h4-8H,1-3H3,(H,21,26)(H,22,23,25)/t8-/m1/s1. The first kappa shape index (κ1) is 20.6. The molecule has 1 aromatic carbocycles. The lowest BCUT2D eigenvalue weighted by Gasteiger charge is -2.17. The van der Waals surface area contributed by atoms with E-state index in [1.807, 2.05) is 0 Å². The van der Waals surface area contributed by atoms with Crippen molar-refractivity contribution >= 4 is 23.5 Å². The van der Waals surface area contributed by atoms with Gasteiger partial charge in [0.05, 0.1) is 11.1 Å². The first-order valence-corrected chi connectivity index (χ1v) is 7.99. The van der Waals surface area contributed by atoms with E-state index < -0.39 is 29.6 Å². The van der Waals surface area contributed by atoms with E-state index in [0.29, 0.717) is 5.56 Å². The van der Waals surface area contributed by atoms with Crippen LogP contribution in [0.5, 0.6) is 5.75 Å². The number of carbonyl (C=O) groups excluding carboxylic acids is 1. The monoisotopic (exact) mass is 404 g/mol. The molecule has 1 atom stereocenters. The van der Waals surface area contributed by atoms with Crippen LogP contribution >= 0.6 is 11.6 Å². The zero-order chi connectivity index (χ0) is 20.4. The van der Waals surface area contributed by atoms with Crippen LogP contribution in [-0.4, -0.2) is 36.3 Å². The van der Waals surface area contributed by atoms with Gasteiger partial charge in [0.2, 0.25) is 5.95 Å². The van der Waals surface area contributed by atoms with Crippen molar-refractivity contribution < 1.29 is 22.7 Å². The van der Waals surface area contributed by atoms with Crippen molar-refractivity contribution in [1.29, 1.82) is 0 Å². The Morgan fingerprint density at radius 1 is 1.33 bits per heavy atom. The van der Waals surface area contributed by atoms with Crippen molar-refractivity contribution in [2.45, 2.75) is 19.3 Å². The highest BCUT2D eigenvalue weighted by molar-refractivity contribution is 6.32. The largest absolute Gasteiger partial charge is 0.573 e. The molecule has 11 heteroatoms. The zero-order valence-electron chi connectivity index (χ0n) is 14.5. The normalized spacial score (nSPS) is 12.4. The number of halogens is 4. The molecular formula is C16H16ClF3N4O3. The van der Waals surface area contributed by atoms with Crippen LogP contribution in [0.4, 0.5) is 19.1 Å². The third-order valence-corrected chi connectivity index (χ3v) is 3.71. The van der Waals surface area contributed by atoms with E-state index in [0.717, 1.165) is 12.1 Å². The lowest BCUT2D eigenvalue weighted by atomic mass is 10.1. The zero-order valence-corrected chi connectivity index (χ0v) is 15.3. The summed E-state index contributed by atoms with van der Waals surface area (Å²) in [5.41, 5.74) is -0.152. The molecule has 1 amide bonds. The molecule has 0 bridgehead atoms. The van der Waals surface area contributed by atoms with Crippen LogP contribution in [0.25, 0.3) is 0 Å². The second kappa shape index (κ2) is 7.87. The summed E-state index contributed by atoms with van der Waals surface area (Å²) in [5.74, 6) is -0.959. The van der Waals surface area contributed by atoms with E-state index in [-0.39, 0.29) is 16.7 Å². The van der Waals surface area contributed by atoms with Gasteiger partial charge >= 0.3 is 6.36 Å². The average molecular weight is 405 g/mol. The van der Waals surface area contributed by atoms with Crippen LogP contribution in [0.1, 0.15) is 29.0 Å². The number of rotatable bonds is 5. The van der Waals surface area contributed by atoms with Crippen LogP contribution in [0.3, 0.4) is 0 Å². The smallest absolute Gasteiger partial charge is 0.404 e. The maximum absolute atomic E-state index is 12.3. The predicted molar refractivity (Wildman–Crippen MR) is 93.2 cm³/mol. The number of H-pyrrole nitrogens is 1. The van der Waals surface area contributed by atoms with Crippen LogP contribution in [-0.2, 0) is 0 Å². The molecule has 0 radical (unpaired) electrons. The summed E-state index contributed by atoms with van der Waals surface area (Å²) in [6.45, 7) is 1.61. The summed E-state index contributed by atoms with van der Waals surface area (Å²) in [7, 11) is 3.30. The molecule has 1 heterocycles. The Hall–Kier alpha value is -2.75. The number of hydrogen-bond acceptors (Lipinski definition) is 5. The number of aromatic amines is 1. The summed E-state index contributed by atoms with van der Waals surface area (Å²) in [6.07, 6.45) is -4.86. The van der Waals surface area contributed by atoms with Crippen molar-refractivity contribution in [1.82, 2.24) is 15.3 Å². The maximum Gasteiger partial charge on any atom is 0.573 e. The molecule has 2 aromatic rings. The molecule has 0 aliphatic heterocycles. The molecule has 146 valence electrons. The molecule has 27 heavy (non-hydrogen) atoms. The van der Waals surface area contributed by atoms with Crippen molar-refractivity contribution in [3.63, 3.8) is 0 Å². The highest BCUT2D eigenvalue weighted by Gasteiger charge is 2.32. The summed E-state index contributed by atoms with van der Waals surface area (Å²) < 4.78 is 40.7. The minimum absolute atomic E-state index is 0.0996. The number of nitrogens with zero attached hydrogens (tertiary/aromatic N) is 2. The Morgan fingerprint density at radius 3 is 2.56 bits per heavy atom. The second-order valence-corrected chi connectivity index (χ2v) is 6.19. The number of amides is 1. The molecule has 1 aromatic heterocycles. The fraction of sp³-hybridized carbons (Fsp3) is 0.312. The molecule has 0 saturated heterocycles. The van der Waals surface area contributed by atoms with Gasteiger partial charge in [-0.1, -0.05) is 17.7 Å². The van der Waals surface area contributed by atoms with Gasteiger partial charge in [-0.2, -0.15) is 0 Å². The third kappa shape index (κ3) is 5.61. The molecule has 0 unspecified atom stereocenters. The Bertz CT molecular complexity index is 899. The SMILES string of the molecule is C[C@@H](NC(=O)c1cc(=O)[nH]c(N(C)C)n1)c1ccc(OC(F)(F)F)c(Cl)c1. The second-order valence-electron chi connectivity index (χ2n) is 5.78. The molecule has 2 rings (SSSR count). The van der Waals surface area contributed by atoms with Gasteiger partial charge in [-0.05, 0) is 24.6 Å². The first-order valence-electron chi connectivity index (χ1n) is 7.61. The summed E-state index contributed by atoms with van der Waals surface area (Å²) in [5, 5.41) is 2.35.